The van der Waals surface area contributed by atoms with Crippen LogP contribution in [0.2, 0.25) is 0 Å². The summed E-state index contributed by atoms with van der Waals surface area (Å²) in [7, 11) is 4.69. The maximum atomic E-state index is 11.0. The maximum Gasteiger partial charge on any atom is 0.330 e. The highest BCUT2D eigenvalue weighted by Gasteiger charge is 2.33. The van der Waals surface area contributed by atoms with Crippen LogP contribution in [0.5, 0.6) is 0 Å². The van der Waals surface area contributed by atoms with E-state index in [-0.39, 0.29) is 5.97 Å². The lowest BCUT2D eigenvalue weighted by atomic mass is 9.89. The minimum atomic E-state index is -0.465. The summed E-state index contributed by atoms with van der Waals surface area (Å²) in [6.45, 7) is 4.00. The molecule has 0 spiro atoms. The third kappa shape index (κ3) is 4.88. The Labute approximate surface area is 104 Å². The van der Waals surface area contributed by atoms with Gasteiger partial charge in [-0.05, 0) is 12.8 Å². The van der Waals surface area contributed by atoms with Crippen molar-refractivity contribution in [2.45, 2.75) is 45.3 Å². The van der Waals surface area contributed by atoms with Crippen molar-refractivity contribution >= 4 is 5.97 Å². The van der Waals surface area contributed by atoms with Gasteiger partial charge in [0.2, 0.25) is 0 Å². The van der Waals surface area contributed by atoms with Gasteiger partial charge in [-0.2, -0.15) is 0 Å². The Morgan fingerprint density at radius 1 is 1.12 bits per heavy atom. The highest BCUT2D eigenvalue weighted by Crippen LogP contribution is 2.34. The van der Waals surface area contributed by atoms with Crippen LogP contribution in [0, 0.1) is 0 Å². The molecule has 0 bridgehead atoms. The first-order valence-corrected chi connectivity index (χ1v) is 6.03. The topological polar surface area (TPSA) is 44.8 Å². The van der Waals surface area contributed by atoms with Gasteiger partial charge in [-0.15, -0.1) is 0 Å². The first kappa shape index (κ1) is 16.1. The molecule has 1 rings (SSSR count). The standard InChI is InChI=1S/C11H18O4.C2H6/c1-13-10(12)8-9-4-6-11(14-2,15-3)7-5-9;1-2/h8H,4-7H2,1-3H3;1-2H3. The molecule has 17 heavy (non-hydrogen) atoms. The van der Waals surface area contributed by atoms with Crippen LogP contribution in [-0.4, -0.2) is 33.1 Å². The lowest BCUT2D eigenvalue weighted by molar-refractivity contribution is -0.218. The molecule has 0 N–H and O–H groups in total. The second kappa shape index (κ2) is 8.25. The number of rotatable bonds is 3. The van der Waals surface area contributed by atoms with Gasteiger partial charge in [0, 0.05) is 33.1 Å². The Hall–Kier alpha value is -0.870. The maximum absolute atomic E-state index is 11.0. The summed E-state index contributed by atoms with van der Waals surface area (Å²) in [6, 6.07) is 0. The molecule has 4 nitrogen and oxygen atoms in total. The SMILES string of the molecule is CC.COC(=O)C=C1CCC(OC)(OC)CC1. The molecule has 0 atom stereocenters. The molecule has 0 saturated heterocycles. The summed E-state index contributed by atoms with van der Waals surface area (Å²) in [5, 5.41) is 0. The number of hydrogen-bond donors (Lipinski definition) is 0. The van der Waals surface area contributed by atoms with Crippen LogP contribution in [0.15, 0.2) is 11.6 Å². The van der Waals surface area contributed by atoms with Crippen molar-refractivity contribution in [1.82, 2.24) is 0 Å². The van der Waals surface area contributed by atoms with Gasteiger partial charge in [-0.3, -0.25) is 0 Å². The smallest absolute Gasteiger partial charge is 0.330 e. The Morgan fingerprint density at radius 2 is 1.59 bits per heavy atom. The number of carbonyl (C=O) groups excluding carboxylic acids is 1. The van der Waals surface area contributed by atoms with Crippen molar-refractivity contribution in [1.29, 1.82) is 0 Å². The molecule has 100 valence electrons. The van der Waals surface area contributed by atoms with Gasteiger partial charge in [-0.1, -0.05) is 19.4 Å². The van der Waals surface area contributed by atoms with Gasteiger partial charge in [0.15, 0.2) is 5.79 Å². The monoisotopic (exact) mass is 244 g/mol. The quantitative estimate of drug-likeness (QED) is 0.435. The summed E-state index contributed by atoms with van der Waals surface area (Å²) in [4.78, 5) is 11.0. The van der Waals surface area contributed by atoms with E-state index in [1.165, 1.54) is 7.11 Å². The fourth-order valence-corrected chi connectivity index (χ4v) is 1.81. The average molecular weight is 244 g/mol. The van der Waals surface area contributed by atoms with Crippen molar-refractivity contribution in [3.05, 3.63) is 11.6 Å². The average Bonchev–Trinajstić information content (AvgIpc) is 2.42. The zero-order valence-corrected chi connectivity index (χ0v) is 11.5. The third-order valence-corrected chi connectivity index (χ3v) is 2.92. The Kier molecular flexibility index (Phi) is 7.83. The van der Waals surface area contributed by atoms with Crippen molar-refractivity contribution in [2.75, 3.05) is 21.3 Å². The van der Waals surface area contributed by atoms with E-state index in [4.69, 9.17) is 9.47 Å². The van der Waals surface area contributed by atoms with Crippen molar-refractivity contribution in [2.24, 2.45) is 0 Å². The number of carbonyl (C=O) groups is 1. The number of methoxy groups -OCH3 is 3. The van der Waals surface area contributed by atoms with E-state index in [1.807, 2.05) is 13.8 Å². The second-order valence-corrected chi connectivity index (χ2v) is 3.64. The van der Waals surface area contributed by atoms with E-state index < -0.39 is 5.79 Å². The molecule has 0 radical (unpaired) electrons. The zero-order chi connectivity index (χ0) is 13.3. The van der Waals surface area contributed by atoms with Gasteiger partial charge >= 0.3 is 5.97 Å². The normalized spacial score (nSPS) is 17.8. The van der Waals surface area contributed by atoms with Crippen molar-refractivity contribution in [3.8, 4) is 0 Å². The number of allylic oxidation sites excluding steroid dienone is 1. The van der Waals surface area contributed by atoms with Gasteiger partial charge in [0.05, 0.1) is 7.11 Å². The van der Waals surface area contributed by atoms with Crippen LogP contribution in [0.1, 0.15) is 39.5 Å². The summed E-state index contributed by atoms with van der Waals surface area (Å²) >= 11 is 0. The molecule has 1 saturated carbocycles. The Balaban J connectivity index is 0.00000121. The van der Waals surface area contributed by atoms with Crippen LogP contribution in [0.4, 0.5) is 0 Å². The fraction of sp³-hybridized carbons (Fsp3) is 0.769. The Morgan fingerprint density at radius 3 is 1.94 bits per heavy atom. The molecule has 0 heterocycles. The molecule has 1 fully saturated rings. The summed E-state index contributed by atoms with van der Waals surface area (Å²) in [6.07, 6.45) is 4.76. The van der Waals surface area contributed by atoms with Gasteiger partial charge in [-0.25, -0.2) is 4.79 Å². The molecule has 0 unspecified atom stereocenters. The molecular weight excluding hydrogens is 220 g/mol. The van der Waals surface area contributed by atoms with Gasteiger partial charge < -0.3 is 14.2 Å². The van der Waals surface area contributed by atoms with Crippen LogP contribution < -0.4 is 0 Å². The summed E-state index contributed by atoms with van der Waals surface area (Å²) in [5.74, 6) is -0.750. The predicted octanol–water partition coefficient (Wildman–Crippen LogP) is 2.68. The van der Waals surface area contributed by atoms with E-state index in [0.29, 0.717) is 0 Å². The van der Waals surface area contributed by atoms with Crippen LogP contribution >= 0.6 is 0 Å². The zero-order valence-electron chi connectivity index (χ0n) is 11.5. The van der Waals surface area contributed by atoms with Gasteiger partial charge in [0.25, 0.3) is 0 Å². The summed E-state index contributed by atoms with van der Waals surface area (Å²) < 4.78 is 15.3. The number of ether oxygens (including phenoxy) is 3. The second-order valence-electron chi connectivity index (χ2n) is 3.64. The van der Waals surface area contributed by atoms with Gasteiger partial charge in [0.1, 0.15) is 0 Å². The molecule has 0 aromatic rings. The predicted molar refractivity (Wildman–Crippen MR) is 66.7 cm³/mol. The molecule has 0 aromatic carbocycles. The molecule has 0 amide bonds. The first-order valence-electron chi connectivity index (χ1n) is 6.03. The lowest BCUT2D eigenvalue weighted by Crippen LogP contribution is -2.36. The van der Waals surface area contributed by atoms with E-state index in [0.717, 1.165) is 31.3 Å². The minimum absolute atomic E-state index is 0.285. The molecule has 1 aliphatic rings. The highest BCUT2D eigenvalue weighted by molar-refractivity contribution is 5.82. The number of hydrogen-bond acceptors (Lipinski definition) is 4. The molecular formula is C13H24O4. The van der Waals surface area contributed by atoms with E-state index in [2.05, 4.69) is 4.74 Å². The van der Waals surface area contributed by atoms with E-state index in [1.54, 1.807) is 20.3 Å². The van der Waals surface area contributed by atoms with E-state index >= 15 is 0 Å². The summed E-state index contributed by atoms with van der Waals surface area (Å²) in [5.41, 5.74) is 1.10. The fourth-order valence-electron chi connectivity index (χ4n) is 1.81. The van der Waals surface area contributed by atoms with Crippen LogP contribution in [0.25, 0.3) is 0 Å². The van der Waals surface area contributed by atoms with Crippen molar-refractivity contribution < 1.29 is 19.0 Å². The molecule has 1 aliphatic carbocycles. The Bertz CT molecular complexity index is 242. The minimum Gasteiger partial charge on any atom is -0.466 e. The molecule has 4 heteroatoms. The third-order valence-electron chi connectivity index (χ3n) is 2.92. The van der Waals surface area contributed by atoms with Crippen molar-refractivity contribution in [3.63, 3.8) is 0 Å². The lowest BCUT2D eigenvalue weighted by Gasteiger charge is -2.35. The van der Waals surface area contributed by atoms with Crippen LogP contribution in [-0.2, 0) is 19.0 Å². The number of esters is 1. The van der Waals surface area contributed by atoms with Crippen LogP contribution in [0.3, 0.4) is 0 Å². The largest absolute Gasteiger partial charge is 0.466 e. The molecule has 0 aliphatic heterocycles. The molecule has 0 aromatic heterocycles. The van der Waals surface area contributed by atoms with E-state index in [9.17, 15) is 4.79 Å². The first-order chi connectivity index (χ1) is 8.15. The highest BCUT2D eigenvalue weighted by atomic mass is 16.7.